The minimum absolute atomic E-state index is 0.0770. The van der Waals surface area contributed by atoms with Gasteiger partial charge in [0.1, 0.15) is 5.60 Å². The first kappa shape index (κ1) is 35.7. The summed E-state index contributed by atoms with van der Waals surface area (Å²) in [5.74, 6) is -4.01. The van der Waals surface area contributed by atoms with E-state index in [-0.39, 0.29) is 12.2 Å². The molecule has 1 rings (SSSR count). The van der Waals surface area contributed by atoms with Crippen molar-refractivity contribution in [3.05, 3.63) is 29.8 Å². The largest absolute Gasteiger partial charge is 0.465 e. The lowest BCUT2D eigenvalue weighted by atomic mass is 9.97. The predicted molar refractivity (Wildman–Crippen MR) is 165 cm³/mol. The minimum Gasteiger partial charge on any atom is -0.465 e. The van der Waals surface area contributed by atoms with E-state index in [9.17, 15) is 14.4 Å². The van der Waals surface area contributed by atoms with Crippen molar-refractivity contribution in [3.8, 4) is 0 Å². The van der Waals surface area contributed by atoms with Crippen LogP contribution in [0.4, 0.5) is 5.69 Å². The van der Waals surface area contributed by atoms with Gasteiger partial charge in [-0.1, -0.05) is 103 Å². The van der Waals surface area contributed by atoms with Gasteiger partial charge in [0.25, 0.3) is 0 Å². The number of esters is 2. The zero-order valence-corrected chi connectivity index (χ0v) is 26.2. The van der Waals surface area contributed by atoms with E-state index in [1.807, 2.05) is 0 Å². The van der Waals surface area contributed by atoms with Crippen molar-refractivity contribution >= 4 is 23.4 Å². The van der Waals surface area contributed by atoms with E-state index in [2.05, 4.69) is 12.2 Å². The molecule has 0 saturated carbocycles. The van der Waals surface area contributed by atoms with Gasteiger partial charge in [-0.05, 0) is 58.4 Å². The van der Waals surface area contributed by atoms with Gasteiger partial charge in [-0.15, -0.1) is 0 Å². The maximum Gasteiger partial charge on any atom is 0.328 e. The lowest BCUT2D eigenvalue weighted by molar-refractivity contribution is -0.166. The first-order valence-corrected chi connectivity index (χ1v) is 16.0. The Bertz CT molecular complexity index is 828. The van der Waals surface area contributed by atoms with E-state index in [0.717, 1.165) is 18.7 Å². The quantitative estimate of drug-likeness (QED) is 0.0623. The lowest BCUT2D eigenvalue weighted by Gasteiger charge is -2.22. The monoisotopic (exact) mass is 559 g/mol. The number of hydrogen-bond donors (Lipinski definition) is 1. The van der Waals surface area contributed by atoms with Crippen molar-refractivity contribution in [3.63, 3.8) is 0 Å². The van der Waals surface area contributed by atoms with Crippen LogP contribution >= 0.6 is 0 Å². The molecule has 1 aromatic carbocycles. The summed E-state index contributed by atoms with van der Waals surface area (Å²) in [6.07, 6.45) is 21.6. The summed E-state index contributed by atoms with van der Waals surface area (Å²) >= 11 is 0. The Kier molecular flexibility index (Phi) is 19.1. The van der Waals surface area contributed by atoms with Crippen LogP contribution in [-0.2, 0) is 19.1 Å². The smallest absolute Gasteiger partial charge is 0.328 e. The number of Topliss-reactive ketones (excluding diaryl/α,β-unsaturated/α-hetero) is 1. The van der Waals surface area contributed by atoms with Crippen LogP contribution < -0.4 is 5.32 Å². The Labute approximate surface area is 244 Å². The first-order chi connectivity index (χ1) is 19.2. The van der Waals surface area contributed by atoms with E-state index in [0.29, 0.717) is 0 Å². The SMILES string of the molecule is CCCCCCCCCCCCCCCCCCNc1ccc(C(=O)C(C(=O)OCC)C(=O)OC(C)(C)C)cc1. The van der Waals surface area contributed by atoms with Crippen LogP contribution in [0.2, 0.25) is 0 Å². The standard InChI is InChI=1S/C34H57NO5/c1-6-8-9-10-11-12-13-14-15-16-17-18-19-20-21-22-27-35-29-25-23-28(24-26-29)31(36)30(32(37)39-7-2)33(38)40-34(3,4)5/h23-26,30,35H,6-22,27H2,1-5H3. The molecule has 0 aliphatic carbocycles. The van der Waals surface area contributed by atoms with Gasteiger partial charge in [0.2, 0.25) is 5.92 Å². The average molecular weight is 560 g/mol. The zero-order valence-electron chi connectivity index (χ0n) is 26.2. The molecule has 40 heavy (non-hydrogen) atoms. The molecule has 0 amide bonds. The van der Waals surface area contributed by atoms with Crippen LogP contribution in [0.25, 0.3) is 0 Å². The Morgan fingerprint density at radius 2 is 1.12 bits per heavy atom. The van der Waals surface area contributed by atoms with Gasteiger partial charge in [-0.3, -0.25) is 14.4 Å². The molecule has 0 aromatic heterocycles. The van der Waals surface area contributed by atoms with E-state index >= 15 is 0 Å². The second-order valence-corrected chi connectivity index (χ2v) is 11.9. The Morgan fingerprint density at radius 3 is 1.55 bits per heavy atom. The molecule has 0 heterocycles. The maximum absolute atomic E-state index is 13.0. The molecule has 0 spiro atoms. The summed E-state index contributed by atoms with van der Waals surface area (Å²) in [5.41, 5.74) is 0.363. The predicted octanol–water partition coefficient (Wildman–Crippen LogP) is 9.06. The van der Waals surface area contributed by atoms with E-state index < -0.39 is 29.2 Å². The van der Waals surface area contributed by atoms with Crippen molar-refractivity contribution in [2.75, 3.05) is 18.5 Å². The Morgan fingerprint density at radius 1 is 0.675 bits per heavy atom. The highest BCUT2D eigenvalue weighted by atomic mass is 16.6. The van der Waals surface area contributed by atoms with Gasteiger partial charge >= 0.3 is 11.9 Å². The number of ketones is 1. The normalized spacial score (nSPS) is 12.1. The van der Waals surface area contributed by atoms with Crippen LogP contribution in [0.5, 0.6) is 0 Å². The van der Waals surface area contributed by atoms with E-state index in [1.165, 1.54) is 96.3 Å². The summed E-state index contributed by atoms with van der Waals surface area (Å²) in [5, 5.41) is 3.39. The molecule has 0 bridgehead atoms. The summed E-state index contributed by atoms with van der Waals surface area (Å²) in [7, 11) is 0. The number of carbonyl (C=O) groups is 3. The molecular formula is C34H57NO5. The molecule has 1 aromatic rings. The second kappa shape index (κ2) is 21.4. The molecule has 1 atom stereocenters. The number of nitrogens with one attached hydrogen (secondary N) is 1. The van der Waals surface area contributed by atoms with Crippen LogP contribution in [0.1, 0.15) is 148 Å². The molecular weight excluding hydrogens is 502 g/mol. The molecule has 1 N–H and O–H groups in total. The van der Waals surface area contributed by atoms with Crippen molar-refractivity contribution in [2.24, 2.45) is 5.92 Å². The molecule has 6 nitrogen and oxygen atoms in total. The molecule has 0 aliphatic heterocycles. The van der Waals surface area contributed by atoms with Gasteiger partial charge < -0.3 is 14.8 Å². The molecule has 0 radical (unpaired) electrons. The molecule has 1 unspecified atom stereocenters. The molecule has 6 heteroatoms. The van der Waals surface area contributed by atoms with Crippen LogP contribution in [-0.4, -0.2) is 36.5 Å². The number of rotatable bonds is 23. The van der Waals surface area contributed by atoms with Crippen molar-refractivity contribution in [1.82, 2.24) is 0 Å². The minimum atomic E-state index is -1.62. The number of ether oxygens (including phenoxy) is 2. The van der Waals surface area contributed by atoms with Gasteiger partial charge in [0.05, 0.1) is 6.61 Å². The number of carbonyl (C=O) groups excluding carboxylic acids is 3. The first-order valence-electron chi connectivity index (χ1n) is 16.0. The number of anilines is 1. The van der Waals surface area contributed by atoms with Gasteiger partial charge in [0.15, 0.2) is 5.78 Å². The molecule has 0 fully saturated rings. The van der Waals surface area contributed by atoms with Gasteiger partial charge in [-0.25, -0.2) is 0 Å². The number of hydrogen-bond acceptors (Lipinski definition) is 6. The zero-order chi connectivity index (χ0) is 29.6. The third-order valence-electron chi connectivity index (χ3n) is 6.96. The second-order valence-electron chi connectivity index (χ2n) is 11.9. The maximum atomic E-state index is 13.0. The fourth-order valence-corrected chi connectivity index (χ4v) is 4.72. The summed E-state index contributed by atoms with van der Waals surface area (Å²) in [6, 6.07) is 6.87. The van der Waals surface area contributed by atoms with Crippen LogP contribution in [0, 0.1) is 5.92 Å². The summed E-state index contributed by atoms with van der Waals surface area (Å²) in [6.45, 7) is 9.93. The van der Waals surface area contributed by atoms with Gasteiger partial charge in [0, 0.05) is 17.8 Å². The Hall–Kier alpha value is -2.37. The van der Waals surface area contributed by atoms with E-state index in [4.69, 9.17) is 9.47 Å². The number of unbranched alkanes of at least 4 members (excludes halogenated alkanes) is 15. The summed E-state index contributed by atoms with van der Waals surface area (Å²) in [4.78, 5) is 38.0. The fourth-order valence-electron chi connectivity index (χ4n) is 4.72. The lowest BCUT2D eigenvalue weighted by Crippen LogP contribution is -2.38. The van der Waals surface area contributed by atoms with Crippen LogP contribution in [0.3, 0.4) is 0 Å². The molecule has 0 aliphatic rings. The molecule has 0 saturated heterocycles. The number of benzene rings is 1. The topological polar surface area (TPSA) is 81.7 Å². The third-order valence-corrected chi connectivity index (χ3v) is 6.96. The summed E-state index contributed by atoms with van der Waals surface area (Å²) < 4.78 is 10.3. The van der Waals surface area contributed by atoms with Crippen molar-refractivity contribution < 1.29 is 23.9 Å². The highest BCUT2D eigenvalue weighted by Gasteiger charge is 2.39. The highest BCUT2D eigenvalue weighted by Crippen LogP contribution is 2.19. The van der Waals surface area contributed by atoms with E-state index in [1.54, 1.807) is 52.0 Å². The molecule has 228 valence electrons. The van der Waals surface area contributed by atoms with Gasteiger partial charge in [-0.2, -0.15) is 0 Å². The Balaban J connectivity index is 2.22. The fraction of sp³-hybridized carbons (Fsp3) is 0.735. The third kappa shape index (κ3) is 16.7. The van der Waals surface area contributed by atoms with Crippen molar-refractivity contribution in [1.29, 1.82) is 0 Å². The average Bonchev–Trinajstić information content (AvgIpc) is 2.90. The van der Waals surface area contributed by atoms with Crippen LogP contribution in [0.15, 0.2) is 24.3 Å². The highest BCUT2D eigenvalue weighted by molar-refractivity contribution is 6.20. The van der Waals surface area contributed by atoms with Crippen molar-refractivity contribution in [2.45, 2.75) is 143 Å².